The second kappa shape index (κ2) is 7.99. The number of rotatable bonds is 8. The fourth-order valence-electron chi connectivity index (χ4n) is 3.44. The van der Waals surface area contributed by atoms with Crippen LogP contribution in [0.5, 0.6) is 0 Å². The average Bonchev–Trinajstić information content (AvgIpc) is 2.42. The summed E-state index contributed by atoms with van der Waals surface area (Å²) in [5, 5.41) is 13.0. The van der Waals surface area contributed by atoms with Crippen LogP contribution in [-0.2, 0) is 4.79 Å². The largest absolute Gasteiger partial charge is 0.480 e. The maximum absolute atomic E-state index is 11.8. The van der Waals surface area contributed by atoms with Gasteiger partial charge in [-0.05, 0) is 65.5 Å². The molecule has 0 aromatic heterocycles. The van der Waals surface area contributed by atoms with Crippen LogP contribution in [0.2, 0.25) is 0 Å². The molecule has 1 fully saturated rings. The van der Waals surface area contributed by atoms with Gasteiger partial charge in [0.2, 0.25) is 0 Å². The molecule has 0 bridgehead atoms. The van der Waals surface area contributed by atoms with Gasteiger partial charge in [0, 0.05) is 12.1 Å². The van der Waals surface area contributed by atoms with E-state index in [-0.39, 0.29) is 0 Å². The molecule has 0 spiro atoms. The van der Waals surface area contributed by atoms with Crippen molar-refractivity contribution in [2.45, 2.75) is 83.8 Å². The Morgan fingerprint density at radius 1 is 1.40 bits per heavy atom. The van der Waals surface area contributed by atoms with Crippen LogP contribution in [-0.4, -0.2) is 46.7 Å². The van der Waals surface area contributed by atoms with Crippen molar-refractivity contribution in [3.63, 3.8) is 0 Å². The Bertz CT molecular complexity index is 307. The lowest BCUT2D eigenvalue weighted by Crippen LogP contribution is -2.59. The van der Waals surface area contributed by atoms with Gasteiger partial charge in [0.15, 0.2) is 0 Å². The van der Waals surface area contributed by atoms with Crippen LogP contribution in [0.15, 0.2) is 0 Å². The van der Waals surface area contributed by atoms with Crippen LogP contribution >= 0.6 is 0 Å². The van der Waals surface area contributed by atoms with Crippen LogP contribution < -0.4 is 5.32 Å². The van der Waals surface area contributed by atoms with Crippen molar-refractivity contribution in [1.82, 2.24) is 10.2 Å². The van der Waals surface area contributed by atoms with E-state index >= 15 is 0 Å². The monoisotopic (exact) mass is 284 g/mol. The molecule has 4 heteroatoms. The zero-order chi connectivity index (χ0) is 15.2. The number of hydrogen-bond acceptors (Lipinski definition) is 3. The second-order valence-corrected chi connectivity index (χ2v) is 6.40. The van der Waals surface area contributed by atoms with Gasteiger partial charge < -0.3 is 10.4 Å². The zero-order valence-electron chi connectivity index (χ0n) is 13.6. The molecule has 118 valence electrons. The van der Waals surface area contributed by atoms with Crippen molar-refractivity contribution in [1.29, 1.82) is 0 Å². The highest BCUT2D eigenvalue weighted by Gasteiger charge is 2.44. The molecule has 1 aliphatic rings. The molecular formula is C16H32N2O2. The Hall–Kier alpha value is -0.610. The molecule has 1 aliphatic carbocycles. The van der Waals surface area contributed by atoms with E-state index in [4.69, 9.17) is 0 Å². The third-order valence-electron chi connectivity index (χ3n) is 4.46. The summed E-state index contributed by atoms with van der Waals surface area (Å²) in [6.45, 7) is 10.6. The van der Waals surface area contributed by atoms with Crippen molar-refractivity contribution < 1.29 is 9.90 Å². The second-order valence-electron chi connectivity index (χ2n) is 6.40. The van der Waals surface area contributed by atoms with Crippen molar-refractivity contribution in [3.05, 3.63) is 0 Å². The Kier molecular flexibility index (Phi) is 6.96. The van der Waals surface area contributed by atoms with Crippen molar-refractivity contribution in [3.8, 4) is 0 Å². The molecule has 0 amide bonds. The first-order valence-corrected chi connectivity index (χ1v) is 8.21. The lowest BCUT2D eigenvalue weighted by Gasteiger charge is -2.44. The smallest absolute Gasteiger partial charge is 0.323 e. The predicted molar refractivity (Wildman–Crippen MR) is 83.0 cm³/mol. The maximum Gasteiger partial charge on any atom is 0.323 e. The van der Waals surface area contributed by atoms with Gasteiger partial charge in [0.25, 0.3) is 0 Å². The molecule has 0 saturated heterocycles. The summed E-state index contributed by atoms with van der Waals surface area (Å²) in [5.74, 6) is -0.671. The number of carboxylic acid groups (broad SMARTS) is 1. The van der Waals surface area contributed by atoms with Crippen molar-refractivity contribution in [2.75, 3.05) is 13.1 Å². The van der Waals surface area contributed by atoms with E-state index in [9.17, 15) is 9.90 Å². The van der Waals surface area contributed by atoms with Gasteiger partial charge in [0.1, 0.15) is 5.54 Å². The van der Waals surface area contributed by atoms with Gasteiger partial charge in [-0.1, -0.05) is 13.8 Å². The van der Waals surface area contributed by atoms with E-state index in [0.29, 0.717) is 12.1 Å². The maximum atomic E-state index is 11.8. The summed E-state index contributed by atoms with van der Waals surface area (Å²) in [7, 11) is 0. The molecule has 1 saturated carbocycles. The molecule has 0 aliphatic heterocycles. The molecule has 0 aromatic rings. The van der Waals surface area contributed by atoms with Gasteiger partial charge in [0.05, 0.1) is 0 Å². The molecular weight excluding hydrogens is 252 g/mol. The molecule has 0 heterocycles. The minimum atomic E-state index is -0.709. The van der Waals surface area contributed by atoms with Crippen LogP contribution in [0.3, 0.4) is 0 Å². The summed E-state index contributed by atoms with van der Waals surface area (Å²) in [4.78, 5) is 14.3. The van der Waals surface area contributed by atoms with E-state index in [2.05, 4.69) is 37.9 Å². The number of aliphatic carboxylic acids is 1. The van der Waals surface area contributed by atoms with E-state index in [1.54, 1.807) is 0 Å². The standard InChI is InChI=1S/C16H32N2O2/c1-5-10-17-16(15(19)20)9-7-8-14(12-16)18(11-6-2)13(3)4/h13-14,17H,5-12H2,1-4H3,(H,19,20). The summed E-state index contributed by atoms with van der Waals surface area (Å²) in [6, 6.07) is 0.875. The highest BCUT2D eigenvalue weighted by atomic mass is 16.4. The minimum absolute atomic E-state index is 0.393. The van der Waals surface area contributed by atoms with Crippen LogP contribution in [0.1, 0.15) is 66.2 Å². The average molecular weight is 284 g/mol. The predicted octanol–water partition coefficient (Wildman–Crippen LogP) is 2.87. The zero-order valence-corrected chi connectivity index (χ0v) is 13.6. The first-order valence-electron chi connectivity index (χ1n) is 8.21. The summed E-state index contributed by atoms with van der Waals surface area (Å²) in [6.07, 6.45) is 5.72. The van der Waals surface area contributed by atoms with Gasteiger partial charge in [-0.25, -0.2) is 0 Å². The molecule has 2 atom stereocenters. The van der Waals surface area contributed by atoms with Crippen molar-refractivity contribution >= 4 is 5.97 Å². The third kappa shape index (κ3) is 4.19. The van der Waals surface area contributed by atoms with E-state index in [1.165, 1.54) is 0 Å². The molecule has 0 radical (unpaired) electrons. The van der Waals surface area contributed by atoms with E-state index < -0.39 is 11.5 Å². The van der Waals surface area contributed by atoms with Gasteiger partial charge in [-0.3, -0.25) is 9.69 Å². The molecule has 1 rings (SSSR count). The molecule has 0 aromatic carbocycles. The quantitative estimate of drug-likeness (QED) is 0.719. The van der Waals surface area contributed by atoms with Crippen LogP contribution in [0, 0.1) is 0 Å². The number of carbonyl (C=O) groups is 1. The fraction of sp³-hybridized carbons (Fsp3) is 0.938. The summed E-state index contributed by atoms with van der Waals surface area (Å²) >= 11 is 0. The van der Waals surface area contributed by atoms with Gasteiger partial charge in [-0.15, -0.1) is 0 Å². The Morgan fingerprint density at radius 2 is 2.10 bits per heavy atom. The Morgan fingerprint density at radius 3 is 2.60 bits per heavy atom. The Balaban J connectivity index is 2.82. The van der Waals surface area contributed by atoms with E-state index in [1.807, 2.05) is 0 Å². The van der Waals surface area contributed by atoms with Gasteiger partial charge in [-0.2, -0.15) is 0 Å². The highest BCUT2D eigenvalue weighted by Crippen LogP contribution is 2.32. The van der Waals surface area contributed by atoms with Crippen LogP contribution in [0.25, 0.3) is 0 Å². The lowest BCUT2D eigenvalue weighted by atomic mass is 9.78. The minimum Gasteiger partial charge on any atom is -0.480 e. The molecule has 20 heavy (non-hydrogen) atoms. The number of hydrogen-bond donors (Lipinski definition) is 2. The SMILES string of the molecule is CCCNC1(C(=O)O)CCCC(N(CCC)C(C)C)C1. The highest BCUT2D eigenvalue weighted by molar-refractivity contribution is 5.79. The van der Waals surface area contributed by atoms with Crippen LogP contribution in [0.4, 0.5) is 0 Å². The lowest BCUT2D eigenvalue weighted by molar-refractivity contribution is -0.147. The number of nitrogens with one attached hydrogen (secondary N) is 1. The fourth-order valence-corrected chi connectivity index (χ4v) is 3.44. The molecule has 4 nitrogen and oxygen atoms in total. The number of carboxylic acids is 1. The Labute approximate surface area is 123 Å². The molecule has 2 N–H and O–H groups in total. The number of nitrogens with zero attached hydrogens (tertiary/aromatic N) is 1. The summed E-state index contributed by atoms with van der Waals surface area (Å²) < 4.78 is 0. The first kappa shape index (κ1) is 17.4. The van der Waals surface area contributed by atoms with Gasteiger partial charge >= 0.3 is 5.97 Å². The normalized spacial score (nSPS) is 27.2. The topological polar surface area (TPSA) is 52.6 Å². The summed E-state index contributed by atoms with van der Waals surface area (Å²) in [5.41, 5.74) is -0.709. The third-order valence-corrected chi connectivity index (χ3v) is 4.46. The molecule has 2 unspecified atom stereocenters. The van der Waals surface area contributed by atoms with E-state index in [0.717, 1.165) is 51.6 Å². The van der Waals surface area contributed by atoms with Crippen molar-refractivity contribution in [2.24, 2.45) is 0 Å². The first-order chi connectivity index (χ1) is 9.46.